The van der Waals surface area contributed by atoms with Crippen molar-refractivity contribution < 1.29 is 9.53 Å². The van der Waals surface area contributed by atoms with Crippen molar-refractivity contribution in [2.24, 2.45) is 0 Å². The van der Waals surface area contributed by atoms with Crippen LogP contribution in [0.25, 0.3) is 0 Å². The van der Waals surface area contributed by atoms with Gasteiger partial charge in [-0.05, 0) is 31.5 Å². The average Bonchev–Trinajstić information content (AvgIpc) is 2.99. The molecule has 0 aliphatic carbocycles. The van der Waals surface area contributed by atoms with Gasteiger partial charge in [-0.2, -0.15) is 5.10 Å². The molecule has 1 amide bonds. The van der Waals surface area contributed by atoms with Gasteiger partial charge in [0.05, 0.1) is 12.1 Å². The van der Waals surface area contributed by atoms with Gasteiger partial charge in [0.15, 0.2) is 0 Å². The maximum absolute atomic E-state index is 12.2. The molecule has 0 radical (unpaired) electrons. The van der Waals surface area contributed by atoms with Crippen LogP contribution in [0.2, 0.25) is 5.02 Å². The molecule has 1 aromatic carbocycles. The topological polar surface area (TPSA) is 69.0 Å². The van der Waals surface area contributed by atoms with Gasteiger partial charge in [-0.1, -0.05) is 11.6 Å². The minimum Gasteiger partial charge on any atom is -0.495 e. The third-order valence-corrected chi connectivity index (χ3v) is 3.36. The fourth-order valence-electron chi connectivity index (χ4n) is 1.85. The lowest BCUT2D eigenvalue weighted by atomic mass is 10.1. The highest BCUT2D eigenvalue weighted by molar-refractivity contribution is 6.32. The van der Waals surface area contributed by atoms with Gasteiger partial charge < -0.3 is 10.1 Å². The summed E-state index contributed by atoms with van der Waals surface area (Å²) in [6.45, 7) is 2.65. The normalized spacial score (nSPS) is 12.0. The van der Waals surface area contributed by atoms with Crippen molar-refractivity contribution in [3.63, 3.8) is 0 Å². The second kappa shape index (κ2) is 7.08. The Morgan fingerprint density at radius 3 is 3.00 bits per heavy atom. The average molecular weight is 309 g/mol. The number of nitrogens with zero attached hydrogens (tertiary/aromatic N) is 3. The molecule has 21 heavy (non-hydrogen) atoms. The molecule has 0 aliphatic heterocycles. The highest BCUT2D eigenvalue weighted by Gasteiger charge is 2.12. The zero-order valence-corrected chi connectivity index (χ0v) is 12.7. The Morgan fingerprint density at radius 1 is 1.52 bits per heavy atom. The highest BCUT2D eigenvalue weighted by Crippen LogP contribution is 2.24. The minimum absolute atomic E-state index is 0.0170. The Kier molecular flexibility index (Phi) is 5.16. The van der Waals surface area contributed by atoms with Gasteiger partial charge in [0, 0.05) is 18.2 Å². The summed E-state index contributed by atoms with van der Waals surface area (Å²) in [5.74, 6) is 0.329. The molecule has 1 heterocycles. The molecule has 112 valence electrons. The molecule has 0 spiro atoms. The van der Waals surface area contributed by atoms with E-state index in [9.17, 15) is 4.79 Å². The van der Waals surface area contributed by atoms with Crippen LogP contribution in [-0.2, 0) is 6.54 Å². The Labute approximate surface area is 128 Å². The maximum atomic E-state index is 12.2. The monoisotopic (exact) mass is 308 g/mol. The number of halogens is 1. The summed E-state index contributed by atoms with van der Waals surface area (Å²) < 4.78 is 6.84. The largest absolute Gasteiger partial charge is 0.495 e. The number of carbonyl (C=O) groups excluding carboxylic acids is 1. The van der Waals surface area contributed by atoms with Crippen LogP contribution < -0.4 is 10.1 Å². The number of benzene rings is 1. The standard InChI is InChI=1S/C14H17ClN4O2/c1-10(5-6-19-9-16-8-17-19)18-14(20)11-3-4-12(15)13(7-11)21-2/h3-4,7-10H,5-6H2,1-2H3,(H,18,20)/t10-/m1/s1. The van der Waals surface area contributed by atoms with E-state index in [-0.39, 0.29) is 11.9 Å². The van der Waals surface area contributed by atoms with Crippen molar-refractivity contribution >= 4 is 17.5 Å². The lowest BCUT2D eigenvalue weighted by Crippen LogP contribution is -2.33. The number of rotatable bonds is 6. The molecular weight excluding hydrogens is 292 g/mol. The zero-order valence-electron chi connectivity index (χ0n) is 11.9. The first kappa shape index (κ1) is 15.3. The smallest absolute Gasteiger partial charge is 0.251 e. The Balaban J connectivity index is 1.91. The predicted octanol–water partition coefficient (Wildman–Crippen LogP) is 2.15. The lowest BCUT2D eigenvalue weighted by molar-refractivity contribution is 0.0937. The second-order valence-electron chi connectivity index (χ2n) is 4.67. The van der Waals surface area contributed by atoms with Crippen LogP contribution in [0.3, 0.4) is 0 Å². The van der Waals surface area contributed by atoms with E-state index < -0.39 is 0 Å². The first-order chi connectivity index (χ1) is 10.1. The number of aromatic nitrogens is 3. The molecule has 0 aliphatic rings. The molecule has 7 heteroatoms. The van der Waals surface area contributed by atoms with Gasteiger partial charge in [0.25, 0.3) is 5.91 Å². The molecule has 0 bridgehead atoms. The van der Waals surface area contributed by atoms with Crippen molar-refractivity contribution in [1.82, 2.24) is 20.1 Å². The number of amides is 1. The van der Waals surface area contributed by atoms with Crippen molar-refractivity contribution in [1.29, 1.82) is 0 Å². The molecule has 2 aromatic rings. The summed E-state index contributed by atoms with van der Waals surface area (Å²) >= 11 is 5.94. The summed E-state index contributed by atoms with van der Waals surface area (Å²) in [5.41, 5.74) is 0.517. The van der Waals surface area contributed by atoms with E-state index in [1.807, 2.05) is 6.92 Å². The Morgan fingerprint density at radius 2 is 2.33 bits per heavy atom. The number of methoxy groups -OCH3 is 1. The van der Waals surface area contributed by atoms with Crippen LogP contribution in [0.15, 0.2) is 30.9 Å². The number of ether oxygens (including phenoxy) is 1. The number of nitrogens with one attached hydrogen (secondary N) is 1. The number of hydrogen-bond donors (Lipinski definition) is 1. The summed E-state index contributed by atoms with van der Waals surface area (Å²) in [4.78, 5) is 16.0. The number of aryl methyl sites for hydroxylation is 1. The fraction of sp³-hybridized carbons (Fsp3) is 0.357. The molecule has 6 nitrogen and oxygen atoms in total. The summed E-state index contributed by atoms with van der Waals surface area (Å²) in [6.07, 6.45) is 3.90. The molecule has 1 aromatic heterocycles. The van der Waals surface area contributed by atoms with E-state index in [4.69, 9.17) is 16.3 Å². The molecule has 2 rings (SSSR count). The van der Waals surface area contributed by atoms with E-state index >= 15 is 0 Å². The number of hydrogen-bond acceptors (Lipinski definition) is 4. The first-order valence-corrected chi connectivity index (χ1v) is 6.94. The number of carbonyl (C=O) groups is 1. The Hall–Kier alpha value is -2.08. The minimum atomic E-state index is -0.156. The first-order valence-electron chi connectivity index (χ1n) is 6.57. The van der Waals surface area contributed by atoms with E-state index in [0.29, 0.717) is 22.9 Å². The van der Waals surface area contributed by atoms with Gasteiger partial charge in [-0.25, -0.2) is 4.98 Å². The van der Waals surface area contributed by atoms with E-state index in [0.717, 1.165) is 6.42 Å². The maximum Gasteiger partial charge on any atom is 0.251 e. The third-order valence-electron chi connectivity index (χ3n) is 3.05. The summed E-state index contributed by atoms with van der Waals surface area (Å²) in [6, 6.07) is 4.96. The quantitative estimate of drug-likeness (QED) is 0.888. The fourth-order valence-corrected chi connectivity index (χ4v) is 2.05. The van der Waals surface area contributed by atoms with Crippen LogP contribution in [0.1, 0.15) is 23.7 Å². The van der Waals surface area contributed by atoms with E-state index in [2.05, 4.69) is 15.4 Å². The molecule has 0 saturated heterocycles. The summed E-state index contributed by atoms with van der Waals surface area (Å²) in [5, 5.41) is 7.43. The lowest BCUT2D eigenvalue weighted by Gasteiger charge is -2.14. The molecule has 0 unspecified atom stereocenters. The molecule has 1 N–H and O–H groups in total. The molecular formula is C14H17ClN4O2. The van der Waals surface area contributed by atoms with Gasteiger partial charge in [-0.15, -0.1) is 0 Å². The summed E-state index contributed by atoms with van der Waals surface area (Å²) in [7, 11) is 1.52. The van der Waals surface area contributed by atoms with Crippen molar-refractivity contribution in [2.75, 3.05) is 7.11 Å². The van der Waals surface area contributed by atoms with Crippen LogP contribution in [-0.4, -0.2) is 33.8 Å². The van der Waals surface area contributed by atoms with Gasteiger partial charge in [0.1, 0.15) is 18.4 Å². The van der Waals surface area contributed by atoms with E-state index in [1.165, 1.54) is 13.4 Å². The van der Waals surface area contributed by atoms with Crippen molar-refractivity contribution in [3.05, 3.63) is 41.4 Å². The third kappa shape index (κ3) is 4.19. The van der Waals surface area contributed by atoms with E-state index in [1.54, 1.807) is 29.2 Å². The van der Waals surface area contributed by atoms with Crippen molar-refractivity contribution in [3.8, 4) is 5.75 Å². The molecule has 0 fully saturated rings. The highest BCUT2D eigenvalue weighted by atomic mass is 35.5. The SMILES string of the molecule is COc1cc(C(=O)N[C@H](C)CCn2cncn2)ccc1Cl. The van der Waals surface area contributed by atoms with Gasteiger partial charge in [-0.3, -0.25) is 9.48 Å². The van der Waals surface area contributed by atoms with Crippen LogP contribution in [0, 0.1) is 0 Å². The molecule has 0 saturated carbocycles. The van der Waals surface area contributed by atoms with Crippen LogP contribution in [0.5, 0.6) is 5.75 Å². The Bertz CT molecular complexity index is 601. The van der Waals surface area contributed by atoms with Crippen LogP contribution >= 0.6 is 11.6 Å². The van der Waals surface area contributed by atoms with Crippen LogP contribution in [0.4, 0.5) is 0 Å². The van der Waals surface area contributed by atoms with Gasteiger partial charge in [0.2, 0.25) is 0 Å². The predicted molar refractivity (Wildman–Crippen MR) is 79.6 cm³/mol. The molecule has 1 atom stereocenters. The second-order valence-corrected chi connectivity index (χ2v) is 5.08. The van der Waals surface area contributed by atoms with Gasteiger partial charge >= 0.3 is 0 Å². The van der Waals surface area contributed by atoms with Crippen molar-refractivity contribution in [2.45, 2.75) is 25.9 Å². The zero-order chi connectivity index (χ0) is 15.2.